The SMILES string of the molecule is COc1ccc(-c2csc(NC(=O)COc3cccc(F)c3)n2)cc1. The highest BCUT2D eigenvalue weighted by atomic mass is 32.1. The van der Waals surface area contributed by atoms with Crippen molar-refractivity contribution in [1.82, 2.24) is 4.98 Å². The number of amides is 1. The number of carbonyl (C=O) groups is 1. The highest BCUT2D eigenvalue weighted by Gasteiger charge is 2.09. The number of hydrogen-bond acceptors (Lipinski definition) is 5. The van der Waals surface area contributed by atoms with Crippen molar-refractivity contribution in [2.45, 2.75) is 0 Å². The number of carbonyl (C=O) groups excluding carboxylic acids is 1. The highest BCUT2D eigenvalue weighted by Crippen LogP contribution is 2.26. The average Bonchev–Trinajstić information content (AvgIpc) is 3.08. The van der Waals surface area contributed by atoms with Crippen molar-refractivity contribution in [3.8, 4) is 22.8 Å². The Morgan fingerprint density at radius 2 is 2.00 bits per heavy atom. The van der Waals surface area contributed by atoms with Crippen LogP contribution in [0.4, 0.5) is 9.52 Å². The molecule has 0 fully saturated rings. The van der Waals surface area contributed by atoms with Crippen LogP contribution in [-0.4, -0.2) is 24.6 Å². The van der Waals surface area contributed by atoms with E-state index < -0.39 is 5.82 Å². The molecule has 0 radical (unpaired) electrons. The number of aromatic nitrogens is 1. The Bertz CT molecular complexity index is 865. The minimum absolute atomic E-state index is 0.221. The highest BCUT2D eigenvalue weighted by molar-refractivity contribution is 7.14. The van der Waals surface area contributed by atoms with Crippen molar-refractivity contribution in [2.24, 2.45) is 0 Å². The lowest BCUT2D eigenvalue weighted by molar-refractivity contribution is -0.118. The molecule has 1 heterocycles. The van der Waals surface area contributed by atoms with Crippen LogP contribution in [0.15, 0.2) is 53.9 Å². The van der Waals surface area contributed by atoms with E-state index in [2.05, 4.69) is 10.3 Å². The minimum atomic E-state index is -0.415. The van der Waals surface area contributed by atoms with Crippen molar-refractivity contribution >= 4 is 22.4 Å². The summed E-state index contributed by atoms with van der Waals surface area (Å²) in [5, 5.41) is 4.99. The Kier molecular flexibility index (Phi) is 5.25. The second kappa shape index (κ2) is 7.76. The predicted molar refractivity (Wildman–Crippen MR) is 94.6 cm³/mol. The van der Waals surface area contributed by atoms with Crippen LogP contribution < -0.4 is 14.8 Å². The zero-order chi connectivity index (χ0) is 17.6. The smallest absolute Gasteiger partial charge is 0.264 e. The van der Waals surface area contributed by atoms with Crippen LogP contribution in [0.1, 0.15) is 0 Å². The number of halogens is 1. The molecule has 0 atom stereocenters. The van der Waals surface area contributed by atoms with Crippen LogP contribution in [0.5, 0.6) is 11.5 Å². The number of nitrogens with one attached hydrogen (secondary N) is 1. The standard InChI is InChI=1S/C18H15FN2O3S/c1-23-14-7-5-12(6-8-14)16-11-25-18(20-16)21-17(22)10-24-15-4-2-3-13(19)9-15/h2-9,11H,10H2,1H3,(H,20,21,22). The third-order valence-electron chi connectivity index (χ3n) is 3.30. The molecule has 1 N–H and O–H groups in total. The summed E-state index contributed by atoms with van der Waals surface area (Å²) in [6, 6.07) is 13.1. The number of methoxy groups -OCH3 is 1. The van der Waals surface area contributed by atoms with E-state index in [0.29, 0.717) is 10.9 Å². The number of hydrogen-bond donors (Lipinski definition) is 1. The number of ether oxygens (including phenoxy) is 2. The molecule has 3 aromatic rings. The number of thiazole rings is 1. The van der Waals surface area contributed by atoms with Gasteiger partial charge in [-0.05, 0) is 36.4 Å². The van der Waals surface area contributed by atoms with Gasteiger partial charge in [-0.25, -0.2) is 9.37 Å². The van der Waals surface area contributed by atoms with Crippen molar-refractivity contribution in [3.63, 3.8) is 0 Å². The van der Waals surface area contributed by atoms with Gasteiger partial charge in [0, 0.05) is 17.0 Å². The molecular formula is C18H15FN2O3S. The van der Waals surface area contributed by atoms with Gasteiger partial charge in [0.05, 0.1) is 12.8 Å². The maximum atomic E-state index is 13.1. The Morgan fingerprint density at radius 1 is 1.20 bits per heavy atom. The lowest BCUT2D eigenvalue weighted by Crippen LogP contribution is -2.20. The molecule has 7 heteroatoms. The molecule has 2 aromatic carbocycles. The molecule has 0 bridgehead atoms. The quantitative estimate of drug-likeness (QED) is 0.724. The van der Waals surface area contributed by atoms with Gasteiger partial charge in [0.2, 0.25) is 0 Å². The van der Waals surface area contributed by atoms with E-state index in [1.54, 1.807) is 13.2 Å². The van der Waals surface area contributed by atoms with Gasteiger partial charge >= 0.3 is 0 Å². The number of benzene rings is 2. The Balaban J connectivity index is 1.57. The van der Waals surface area contributed by atoms with Crippen molar-refractivity contribution in [3.05, 3.63) is 59.7 Å². The first-order chi connectivity index (χ1) is 12.1. The van der Waals surface area contributed by atoms with Crippen LogP contribution in [0.25, 0.3) is 11.3 Å². The molecule has 25 heavy (non-hydrogen) atoms. The zero-order valence-electron chi connectivity index (χ0n) is 13.4. The van der Waals surface area contributed by atoms with Crippen LogP contribution in [-0.2, 0) is 4.79 Å². The van der Waals surface area contributed by atoms with Crippen molar-refractivity contribution < 1.29 is 18.7 Å². The summed E-state index contributed by atoms with van der Waals surface area (Å²) in [6.07, 6.45) is 0. The van der Waals surface area contributed by atoms with E-state index >= 15 is 0 Å². The first-order valence-corrected chi connectivity index (χ1v) is 8.30. The molecule has 0 aliphatic heterocycles. The lowest BCUT2D eigenvalue weighted by Gasteiger charge is -2.05. The fourth-order valence-corrected chi connectivity index (χ4v) is 2.82. The largest absolute Gasteiger partial charge is 0.497 e. The minimum Gasteiger partial charge on any atom is -0.497 e. The molecule has 1 aromatic heterocycles. The van der Waals surface area contributed by atoms with Gasteiger partial charge in [-0.15, -0.1) is 11.3 Å². The van der Waals surface area contributed by atoms with Gasteiger partial charge in [-0.1, -0.05) is 6.07 Å². The summed E-state index contributed by atoms with van der Waals surface area (Å²) in [6.45, 7) is -0.221. The van der Waals surface area contributed by atoms with Gasteiger partial charge in [-0.3, -0.25) is 10.1 Å². The number of nitrogens with zero attached hydrogens (tertiary/aromatic N) is 1. The molecule has 0 saturated carbocycles. The summed E-state index contributed by atoms with van der Waals surface area (Å²) in [5.74, 6) is 0.289. The van der Waals surface area contributed by atoms with E-state index in [9.17, 15) is 9.18 Å². The Labute approximate surface area is 148 Å². The maximum Gasteiger partial charge on any atom is 0.264 e. The van der Waals surface area contributed by atoms with E-state index in [1.807, 2.05) is 29.6 Å². The molecular weight excluding hydrogens is 343 g/mol. The first-order valence-electron chi connectivity index (χ1n) is 7.42. The third-order valence-corrected chi connectivity index (χ3v) is 4.06. The van der Waals surface area contributed by atoms with Crippen molar-refractivity contribution in [2.75, 3.05) is 19.0 Å². The first kappa shape index (κ1) is 16.9. The van der Waals surface area contributed by atoms with Gasteiger partial charge in [0.1, 0.15) is 17.3 Å². The molecule has 3 rings (SSSR count). The monoisotopic (exact) mass is 358 g/mol. The second-order valence-electron chi connectivity index (χ2n) is 5.06. The summed E-state index contributed by atoms with van der Waals surface area (Å²) in [5.41, 5.74) is 1.68. The van der Waals surface area contributed by atoms with Crippen LogP contribution in [0, 0.1) is 5.82 Å². The Hall–Kier alpha value is -2.93. The van der Waals surface area contributed by atoms with Gasteiger partial charge < -0.3 is 9.47 Å². The fraction of sp³-hybridized carbons (Fsp3) is 0.111. The van der Waals surface area contributed by atoms with Crippen LogP contribution in [0.2, 0.25) is 0 Å². The van der Waals surface area contributed by atoms with Gasteiger partial charge in [0.25, 0.3) is 5.91 Å². The van der Waals surface area contributed by atoms with E-state index in [1.165, 1.54) is 29.5 Å². The van der Waals surface area contributed by atoms with E-state index in [-0.39, 0.29) is 12.5 Å². The topological polar surface area (TPSA) is 60.5 Å². The molecule has 0 spiro atoms. The summed E-state index contributed by atoms with van der Waals surface area (Å²) >= 11 is 1.32. The van der Waals surface area contributed by atoms with Gasteiger partial charge in [-0.2, -0.15) is 0 Å². The second-order valence-corrected chi connectivity index (χ2v) is 5.92. The molecule has 1 amide bonds. The molecule has 5 nitrogen and oxygen atoms in total. The fourth-order valence-electron chi connectivity index (χ4n) is 2.09. The van der Waals surface area contributed by atoms with Gasteiger partial charge in [0.15, 0.2) is 11.7 Å². The van der Waals surface area contributed by atoms with Crippen molar-refractivity contribution in [1.29, 1.82) is 0 Å². The molecule has 128 valence electrons. The van der Waals surface area contributed by atoms with Crippen LogP contribution in [0.3, 0.4) is 0 Å². The summed E-state index contributed by atoms with van der Waals surface area (Å²) in [4.78, 5) is 16.3. The normalized spacial score (nSPS) is 10.3. The summed E-state index contributed by atoms with van der Waals surface area (Å²) in [7, 11) is 1.61. The molecule has 0 unspecified atom stereocenters. The maximum absolute atomic E-state index is 13.1. The zero-order valence-corrected chi connectivity index (χ0v) is 14.2. The molecule has 0 saturated heterocycles. The predicted octanol–water partition coefficient (Wildman–Crippen LogP) is 3.98. The number of anilines is 1. The Morgan fingerprint density at radius 3 is 2.72 bits per heavy atom. The molecule has 0 aliphatic rings. The molecule has 0 aliphatic carbocycles. The third kappa shape index (κ3) is 4.54. The summed E-state index contributed by atoms with van der Waals surface area (Å²) < 4.78 is 23.4. The van der Waals surface area contributed by atoms with Crippen LogP contribution >= 0.6 is 11.3 Å². The van der Waals surface area contributed by atoms with E-state index in [0.717, 1.165) is 17.0 Å². The average molecular weight is 358 g/mol. The lowest BCUT2D eigenvalue weighted by atomic mass is 10.2. The van der Waals surface area contributed by atoms with E-state index in [4.69, 9.17) is 9.47 Å². The number of rotatable bonds is 6.